The first kappa shape index (κ1) is 19.2. The molecule has 1 aromatic rings. The van der Waals surface area contributed by atoms with Gasteiger partial charge in [0, 0.05) is 32.9 Å². The fraction of sp³-hybridized carbons (Fsp3) is 0.625. The molecule has 6 heteroatoms. The zero-order chi connectivity index (χ0) is 16.4. The summed E-state index contributed by atoms with van der Waals surface area (Å²) in [4.78, 5) is 0. The second-order valence-corrected chi connectivity index (χ2v) is 8.19. The quantitative estimate of drug-likeness (QED) is 0.446. The Kier molecular flexibility index (Phi) is 8.78. The van der Waals surface area contributed by atoms with Gasteiger partial charge in [0.15, 0.2) is 0 Å². The van der Waals surface area contributed by atoms with E-state index in [1.165, 1.54) is 12.1 Å². The summed E-state index contributed by atoms with van der Waals surface area (Å²) in [6.45, 7) is 2.51. The van der Waals surface area contributed by atoms with Crippen LogP contribution in [0.4, 0.5) is 8.78 Å². The summed E-state index contributed by atoms with van der Waals surface area (Å²) in [5.41, 5.74) is 0.712. The lowest BCUT2D eigenvalue weighted by atomic mass is 10.1. The Hall–Kier alpha value is -0.823. The highest BCUT2D eigenvalue weighted by atomic mass is 28.4. The smallest absolute Gasteiger partial charge is 0.377 e. The second-order valence-electron chi connectivity index (χ2n) is 5.22. The zero-order valence-electron chi connectivity index (χ0n) is 13.7. The number of hydrogen-bond acceptors (Lipinski definition) is 3. The molecule has 0 spiro atoms. The molecule has 3 nitrogen and oxygen atoms in total. The standard InChI is InChI=1S/C16H26F2O3Si/c1-4-21-22(19-2,20-3)10-8-6-5-7-9-14-11-15(17)13-16(18)12-14/h11-13H,4-10H2,1-3H3. The van der Waals surface area contributed by atoms with Gasteiger partial charge < -0.3 is 13.3 Å². The molecule has 1 rings (SSSR count). The van der Waals surface area contributed by atoms with Crippen LogP contribution in [0.3, 0.4) is 0 Å². The van der Waals surface area contributed by atoms with Crippen LogP contribution in [0.15, 0.2) is 18.2 Å². The van der Waals surface area contributed by atoms with E-state index in [2.05, 4.69) is 0 Å². The first-order valence-electron chi connectivity index (χ1n) is 7.74. The van der Waals surface area contributed by atoms with Crippen molar-refractivity contribution in [3.05, 3.63) is 35.4 Å². The predicted octanol–water partition coefficient (Wildman–Crippen LogP) is 4.34. The third kappa shape index (κ3) is 6.52. The van der Waals surface area contributed by atoms with Crippen LogP contribution in [0.2, 0.25) is 6.04 Å². The van der Waals surface area contributed by atoms with Gasteiger partial charge in [-0.25, -0.2) is 8.78 Å². The molecule has 0 fully saturated rings. The molecule has 0 amide bonds. The summed E-state index contributed by atoms with van der Waals surface area (Å²) >= 11 is 0. The van der Waals surface area contributed by atoms with Crippen molar-refractivity contribution >= 4 is 8.80 Å². The fourth-order valence-corrected chi connectivity index (χ4v) is 4.55. The number of aryl methyl sites for hydroxylation is 1. The van der Waals surface area contributed by atoms with Gasteiger partial charge in [-0.15, -0.1) is 0 Å². The Morgan fingerprint density at radius 1 is 0.909 bits per heavy atom. The number of halogens is 2. The summed E-state index contributed by atoms with van der Waals surface area (Å²) < 4.78 is 42.6. The van der Waals surface area contributed by atoms with Crippen LogP contribution in [0, 0.1) is 11.6 Å². The van der Waals surface area contributed by atoms with Crippen molar-refractivity contribution in [1.29, 1.82) is 0 Å². The summed E-state index contributed by atoms with van der Waals surface area (Å²) in [6, 6.07) is 4.48. The molecule has 0 heterocycles. The maximum atomic E-state index is 13.1. The third-order valence-electron chi connectivity index (χ3n) is 3.61. The van der Waals surface area contributed by atoms with E-state index in [1.54, 1.807) is 14.2 Å². The number of rotatable bonds is 11. The monoisotopic (exact) mass is 332 g/mol. The minimum Gasteiger partial charge on any atom is -0.377 e. The van der Waals surface area contributed by atoms with Crippen LogP contribution in [-0.4, -0.2) is 29.6 Å². The summed E-state index contributed by atoms with van der Waals surface area (Å²) in [5.74, 6) is -1.02. The van der Waals surface area contributed by atoms with Crippen molar-refractivity contribution in [3.8, 4) is 0 Å². The molecule has 0 radical (unpaired) electrons. The number of unbranched alkanes of at least 4 members (excludes halogenated alkanes) is 3. The van der Waals surface area contributed by atoms with Crippen molar-refractivity contribution in [1.82, 2.24) is 0 Å². The van der Waals surface area contributed by atoms with Crippen LogP contribution >= 0.6 is 0 Å². The zero-order valence-corrected chi connectivity index (χ0v) is 14.7. The lowest BCUT2D eigenvalue weighted by Gasteiger charge is -2.25. The fourth-order valence-electron chi connectivity index (χ4n) is 2.48. The topological polar surface area (TPSA) is 27.7 Å². The largest absolute Gasteiger partial charge is 0.500 e. The Morgan fingerprint density at radius 2 is 1.50 bits per heavy atom. The van der Waals surface area contributed by atoms with Crippen molar-refractivity contribution in [2.75, 3.05) is 20.8 Å². The van der Waals surface area contributed by atoms with E-state index < -0.39 is 20.4 Å². The van der Waals surface area contributed by atoms with Crippen LogP contribution in [-0.2, 0) is 19.7 Å². The second kappa shape index (κ2) is 10.0. The Morgan fingerprint density at radius 3 is 2.05 bits per heavy atom. The molecule has 0 aromatic heterocycles. The van der Waals surface area contributed by atoms with Gasteiger partial charge in [0.25, 0.3) is 0 Å². The highest BCUT2D eigenvalue weighted by Crippen LogP contribution is 2.19. The number of benzene rings is 1. The molecule has 1 aromatic carbocycles. The predicted molar refractivity (Wildman–Crippen MR) is 84.7 cm³/mol. The van der Waals surface area contributed by atoms with Gasteiger partial charge >= 0.3 is 8.80 Å². The van der Waals surface area contributed by atoms with Crippen molar-refractivity contribution in [2.45, 2.75) is 45.1 Å². The van der Waals surface area contributed by atoms with E-state index in [0.717, 1.165) is 37.8 Å². The van der Waals surface area contributed by atoms with E-state index in [4.69, 9.17) is 13.3 Å². The normalized spacial score (nSPS) is 11.9. The molecule has 0 aliphatic heterocycles. The first-order chi connectivity index (χ1) is 10.5. The summed E-state index contributed by atoms with van der Waals surface area (Å²) in [7, 11) is 0.776. The van der Waals surface area contributed by atoms with Gasteiger partial charge in [0.2, 0.25) is 0 Å². The molecule has 0 aliphatic carbocycles. The van der Waals surface area contributed by atoms with Crippen molar-refractivity contribution in [2.24, 2.45) is 0 Å². The molecule has 0 N–H and O–H groups in total. The van der Waals surface area contributed by atoms with Gasteiger partial charge in [-0.05, 0) is 43.9 Å². The highest BCUT2D eigenvalue weighted by Gasteiger charge is 2.37. The SMILES string of the molecule is CCO[Si](CCCCCCc1cc(F)cc(F)c1)(OC)OC. The molecular weight excluding hydrogens is 306 g/mol. The molecular formula is C16H26F2O3Si. The molecule has 22 heavy (non-hydrogen) atoms. The van der Waals surface area contributed by atoms with E-state index in [1.807, 2.05) is 6.92 Å². The van der Waals surface area contributed by atoms with Gasteiger partial charge in [0.05, 0.1) is 0 Å². The molecule has 0 saturated heterocycles. The van der Waals surface area contributed by atoms with E-state index in [9.17, 15) is 8.78 Å². The van der Waals surface area contributed by atoms with E-state index in [0.29, 0.717) is 18.6 Å². The molecule has 0 aliphatic rings. The summed E-state index contributed by atoms with van der Waals surface area (Å²) in [6.07, 6.45) is 4.59. The van der Waals surface area contributed by atoms with Crippen LogP contribution < -0.4 is 0 Å². The average molecular weight is 332 g/mol. The van der Waals surface area contributed by atoms with Gasteiger partial charge in [0.1, 0.15) is 11.6 Å². The Labute approximate surface area is 133 Å². The number of hydrogen-bond donors (Lipinski definition) is 0. The minimum absolute atomic E-state index is 0.511. The molecule has 0 atom stereocenters. The third-order valence-corrected chi connectivity index (χ3v) is 6.55. The molecule has 0 bridgehead atoms. The lowest BCUT2D eigenvalue weighted by molar-refractivity contribution is 0.103. The average Bonchev–Trinajstić information content (AvgIpc) is 2.48. The lowest BCUT2D eigenvalue weighted by Crippen LogP contribution is -2.43. The van der Waals surface area contributed by atoms with Gasteiger partial charge in [-0.2, -0.15) is 0 Å². The van der Waals surface area contributed by atoms with Gasteiger partial charge in [-0.3, -0.25) is 0 Å². The Balaban J connectivity index is 2.25. The van der Waals surface area contributed by atoms with Crippen LogP contribution in [0.25, 0.3) is 0 Å². The molecule has 0 unspecified atom stereocenters. The van der Waals surface area contributed by atoms with E-state index in [-0.39, 0.29) is 0 Å². The molecule has 126 valence electrons. The Bertz CT molecular complexity index is 419. The minimum atomic E-state index is -2.48. The maximum Gasteiger partial charge on any atom is 0.500 e. The van der Waals surface area contributed by atoms with Crippen LogP contribution in [0.5, 0.6) is 0 Å². The van der Waals surface area contributed by atoms with Crippen molar-refractivity contribution < 1.29 is 22.1 Å². The molecule has 0 saturated carbocycles. The van der Waals surface area contributed by atoms with E-state index >= 15 is 0 Å². The highest BCUT2D eigenvalue weighted by molar-refractivity contribution is 6.60. The maximum absolute atomic E-state index is 13.1. The first-order valence-corrected chi connectivity index (χ1v) is 9.67. The summed E-state index contributed by atoms with van der Waals surface area (Å²) in [5, 5.41) is 0. The van der Waals surface area contributed by atoms with Crippen LogP contribution in [0.1, 0.15) is 38.2 Å². The van der Waals surface area contributed by atoms with Crippen molar-refractivity contribution in [3.63, 3.8) is 0 Å². The van der Waals surface area contributed by atoms with Gasteiger partial charge in [-0.1, -0.05) is 12.8 Å².